The van der Waals surface area contributed by atoms with Crippen LogP contribution in [-0.2, 0) is 11.2 Å². The maximum absolute atomic E-state index is 12.7. The number of pyridine rings is 1. The van der Waals surface area contributed by atoms with Gasteiger partial charge in [0, 0.05) is 31.2 Å². The second-order valence-electron chi connectivity index (χ2n) is 7.17. The molecular formula is C19H28N4O2. The van der Waals surface area contributed by atoms with Crippen LogP contribution in [0.3, 0.4) is 0 Å². The van der Waals surface area contributed by atoms with E-state index in [1.807, 2.05) is 17.9 Å². The molecule has 1 fully saturated rings. The number of amides is 1. The first-order chi connectivity index (χ1) is 11.8. The van der Waals surface area contributed by atoms with Gasteiger partial charge in [-0.05, 0) is 51.4 Å². The smallest absolute Gasteiger partial charge is 0.266 e. The molecule has 2 rings (SSSR count). The average molecular weight is 344 g/mol. The number of carbonyl (C=O) groups is 1. The summed E-state index contributed by atoms with van der Waals surface area (Å²) in [5.74, 6) is 0.659. The summed E-state index contributed by atoms with van der Waals surface area (Å²) in [5, 5.41) is 9.15. The number of likely N-dealkylation sites (tertiary alicyclic amines) is 1. The van der Waals surface area contributed by atoms with E-state index in [2.05, 4.69) is 30.9 Å². The van der Waals surface area contributed by atoms with Crippen LogP contribution in [0.4, 0.5) is 0 Å². The molecule has 0 radical (unpaired) electrons. The molecule has 0 aliphatic carbocycles. The summed E-state index contributed by atoms with van der Waals surface area (Å²) >= 11 is 0. The molecule has 1 aromatic heterocycles. The van der Waals surface area contributed by atoms with Gasteiger partial charge in [-0.25, -0.2) is 0 Å². The van der Waals surface area contributed by atoms with Gasteiger partial charge in [-0.15, -0.1) is 0 Å². The molecule has 2 atom stereocenters. The molecule has 1 aliphatic rings. The number of likely N-dealkylation sites (N-methyl/N-ethyl adjacent to an activating group) is 1. The molecule has 0 saturated carbocycles. The van der Waals surface area contributed by atoms with E-state index < -0.39 is 0 Å². The first kappa shape index (κ1) is 19.2. The Morgan fingerprint density at radius 1 is 1.36 bits per heavy atom. The number of carbonyl (C=O) groups excluding carboxylic acids is 1. The minimum atomic E-state index is -0.355. The lowest BCUT2D eigenvalue weighted by Crippen LogP contribution is -2.36. The Morgan fingerprint density at radius 2 is 2.04 bits per heavy atom. The quantitative estimate of drug-likeness (QED) is 0.880. The summed E-state index contributed by atoms with van der Waals surface area (Å²) in [5.41, 5.74) is 2.13. The second kappa shape index (κ2) is 7.83. The normalized spacial score (nSPS) is 20.1. The van der Waals surface area contributed by atoms with Crippen LogP contribution in [0.25, 0.3) is 0 Å². The number of aryl methyl sites for hydroxylation is 1. The van der Waals surface area contributed by atoms with Gasteiger partial charge >= 0.3 is 0 Å². The van der Waals surface area contributed by atoms with Gasteiger partial charge in [0.25, 0.3) is 5.56 Å². The highest BCUT2D eigenvalue weighted by Gasteiger charge is 2.35. The van der Waals surface area contributed by atoms with Gasteiger partial charge in [0.1, 0.15) is 11.6 Å². The maximum Gasteiger partial charge on any atom is 0.266 e. The Labute approximate surface area is 149 Å². The molecule has 6 nitrogen and oxygen atoms in total. The number of hydrogen-bond donors (Lipinski definition) is 1. The summed E-state index contributed by atoms with van der Waals surface area (Å²) in [6.07, 6.45) is 2.01. The van der Waals surface area contributed by atoms with E-state index in [1.54, 1.807) is 6.92 Å². The van der Waals surface area contributed by atoms with Gasteiger partial charge in [-0.1, -0.05) is 13.3 Å². The van der Waals surface area contributed by atoms with E-state index in [4.69, 9.17) is 5.26 Å². The zero-order valence-corrected chi connectivity index (χ0v) is 15.8. The predicted molar refractivity (Wildman–Crippen MR) is 97.4 cm³/mol. The number of nitrogens with zero attached hydrogens (tertiary/aromatic N) is 3. The van der Waals surface area contributed by atoms with E-state index in [-0.39, 0.29) is 17.0 Å². The monoisotopic (exact) mass is 344 g/mol. The van der Waals surface area contributed by atoms with Gasteiger partial charge in [0.05, 0.1) is 0 Å². The van der Waals surface area contributed by atoms with Gasteiger partial charge < -0.3 is 14.8 Å². The van der Waals surface area contributed by atoms with Crippen molar-refractivity contribution in [3.8, 4) is 6.07 Å². The lowest BCUT2D eigenvalue weighted by atomic mass is 9.99. The molecule has 1 aromatic rings. The van der Waals surface area contributed by atoms with E-state index in [9.17, 15) is 9.59 Å². The van der Waals surface area contributed by atoms with Crippen molar-refractivity contribution in [3.05, 3.63) is 32.7 Å². The van der Waals surface area contributed by atoms with Crippen LogP contribution in [0.2, 0.25) is 0 Å². The summed E-state index contributed by atoms with van der Waals surface area (Å²) in [6, 6.07) is 2.37. The van der Waals surface area contributed by atoms with Crippen LogP contribution < -0.4 is 5.56 Å². The van der Waals surface area contributed by atoms with Crippen LogP contribution in [0.15, 0.2) is 4.79 Å². The number of nitriles is 1. The summed E-state index contributed by atoms with van der Waals surface area (Å²) in [4.78, 5) is 31.4. The van der Waals surface area contributed by atoms with Crippen molar-refractivity contribution in [3.63, 3.8) is 0 Å². The van der Waals surface area contributed by atoms with Crippen molar-refractivity contribution >= 4 is 5.91 Å². The topological polar surface area (TPSA) is 80.2 Å². The van der Waals surface area contributed by atoms with E-state index in [0.717, 1.165) is 30.8 Å². The Hall–Kier alpha value is -2.13. The lowest BCUT2D eigenvalue weighted by molar-refractivity contribution is -0.130. The Kier molecular flexibility index (Phi) is 6.02. The van der Waals surface area contributed by atoms with E-state index in [0.29, 0.717) is 30.4 Å². The van der Waals surface area contributed by atoms with Crippen molar-refractivity contribution in [1.29, 1.82) is 5.26 Å². The van der Waals surface area contributed by atoms with Crippen LogP contribution in [0.5, 0.6) is 0 Å². The van der Waals surface area contributed by atoms with E-state index >= 15 is 0 Å². The maximum atomic E-state index is 12.7. The highest BCUT2D eigenvalue weighted by molar-refractivity contribution is 5.77. The molecule has 0 spiro atoms. The van der Waals surface area contributed by atoms with Crippen molar-refractivity contribution in [1.82, 2.24) is 14.8 Å². The third-order valence-electron chi connectivity index (χ3n) is 5.46. The summed E-state index contributed by atoms with van der Waals surface area (Å²) in [6.45, 7) is 7.36. The van der Waals surface area contributed by atoms with Crippen molar-refractivity contribution < 1.29 is 4.79 Å². The average Bonchev–Trinajstić information content (AvgIpc) is 2.99. The molecule has 1 saturated heterocycles. The van der Waals surface area contributed by atoms with Crippen LogP contribution in [0, 0.1) is 31.1 Å². The molecule has 0 aromatic carbocycles. The van der Waals surface area contributed by atoms with Crippen LogP contribution in [-0.4, -0.2) is 53.9 Å². The van der Waals surface area contributed by atoms with Crippen LogP contribution in [0.1, 0.15) is 42.1 Å². The fraction of sp³-hybridized carbons (Fsp3) is 0.632. The first-order valence-electron chi connectivity index (χ1n) is 8.86. The standard InChI is InChI=1S/C19H28N4O2/c1-6-14-10-23(11-17(14)22(4)5)18(24)8-7-15-12(2)16(9-20)19(25)21-13(15)3/h14,17H,6-8,10-11H2,1-5H3,(H,21,25)/t14-,17+/m1/s1. The highest BCUT2D eigenvalue weighted by Crippen LogP contribution is 2.24. The van der Waals surface area contributed by atoms with Gasteiger partial charge in [0.2, 0.25) is 5.91 Å². The SMILES string of the molecule is CC[C@@H]1CN(C(=O)CCc2c(C)[nH]c(=O)c(C#N)c2C)C[C@@H]1N(C)C. The zero-order valence-electron chi connectivity index (χ0n) is 15.8. The molecular weight excluding hydrogens is 316 g/mol. The highest BCUT2D eigenvalue weighted by atomic mass is 16.2. The number of rotatable bonds is 5. The second-order valence-corrected chi connectivity index (χ2v) is 7.17. The Bertz CT molecular complexity index is 745. The molecule has 1 N–H and O–H groups in total. The fourth-order valence-corrected chi connectivity index (χ4v) is 3.85. The largest absolute Gasteiger partial charge is 0.341 e. The number of aromatic amines is 1. The van der Waals surface area contributed by atoms with Crippen molar-refractivity contribution in [2.24, 2.45) is 5.92 Å². The third-order valence-corrected chi connectivity index (χ3v) is 5.46. The molecule has 1 amide bonds. The molecule has 2 heterocycles. The minimum absolute atomic E-state index is 0.145. The Morgan fingerprint density at radius 3 is 2.56 bits per heavy atom. The molecule has 0 bridgehead atoms. The van der Waals surface area contributed by atoms with Gasteiger partial charge in [-0.2, -0.15) is 5.26 Å². The number of aromatic nitrogens is 1. The molecule has 1 aliphatic heterocycles. The summed E-state index contributed by atoms with van der Waals surface area (Å²) < 4.78 is 0. The van der Waals surface area contributed by atoms with Gasteiger partial charge in [-0.3, -0.25) is 9.59 Å². The molecule has 0 unspecified atom stereocenters. The molecule has 6 heteroatoms. The minimum Gasteiger partial charge on any atom is -0.341 e. The van der Waals surface area contributed by atoms with Crippen molar-refractivity contribution in [2.75, 3.05) is 27.2 Å². The van der Waals surface area contributed by atoms with Crippen LogP contribution >= 0.6 is 0 Å². The fourth-order valence-electron chi connectivity index (χ4n) is 3.85. The third kappa shape index (κ3) is 3.93. The number of hydrogen-bond acceptors (Lipinski definition) is 4. The first-order valence-corrected chi connectivity index (χ1v) is 8.86. The molecule has 25 heavy (non-hydrogen) atoms. The Balaban J connectivity index is 2.09. The lowest BCUT2D eigenvalue weighted by Gasteiger charge is -2.23. The zero-order chi connectivity index (χ0) is 18.7. The molecule has 136 valence electrons. The van der Waals surface area contributed by atoms with Gasteiger partial charge in [0.15, 0.2) is 0 Å². The van der Waals surface area contributed by atoms with Crippen molar-refractivity contribution in [2.45, 2.75) is 46.1 Å². The predicted octanol–water partition coefficient (Wildman–Crippen LogP) is 1.59. The number of H-pyrrole nitrogens is 1. The van der Waals surface area contributed by atoms with E-state index in [1.165, 1.54) is 0 Å². The number of nitrogens with one attached hydrogen (secondary N) is 1. The summed E-state index contributed by atoms with van der Waals surface area (Å²) in [7, 11) is 4.13.